The smallest absolute Gasteiger partial charge is 0.382 e. The molecule has 1 aromatic carbocycles. The highest BCUT2D eigenvalue weighted by Gasteiger charge is 2.40. The summed E-state index contributed by atoms with van der Waals surface area (Å²) in [7, 11) is 1.97. The van der Waals surface area contributed by atoms with Crippen LogP contribution in [0.4, 0.5) is 13.2 Å². The number of piperazine rings is 1. The van der Waals surface area contributed by atoms with Crippen LogP contribution >= 0.6 is 0 Å². The first kappa shape index (κ1) is 15.3. The van der Waals surface area contributed by atoms with Gasteiger partial charge in [-0.1, -0.05) is 30.3 Å². The normalized spacial score (nSPS) is 23.8. The molecule has 2 rings (SSSR count). The van der Waals surface area contributed by atoms with E-state index in [-0.39, 0.29) is 12.6 Å². The Labute approximate surface area is 116 Å². The first-order valence-corrected chi connectivity index (χ1v) is 6.60. The number of nitrogens with zero attached hydrogens (tertiary/aromatic N) is 2. The summed E-state index contributed by atoms with van der Waals surface area (Å²) in [5.74, 6) is 0. The number of aliphatic hydroxyl groups is 1. The summed E-state index contributed by atoms with van der Waals surface area (Å²) in [4.78, 5) is 3.81. The zero-order valence-corrected chi connectivity index (χ0v) is 11.3. The lowest BCUT2D eigenvalue weighted by molar-refractivity contribution is -0.209. The van der Waals surface area contributed by atoms with Crippen molar-refractivity contribution in [2.75, 3.05) is 33.2 Å². The van der Waals surface area contributed by atoms with Gasteiger partial charge in [-0.3, -0.25) is 9.80 Å². The third kappa shape index (κ3) is 3.71. The second-order valence-corrected chi connectivity index (χ2v) is 5.22. The Bertz CT molecular complexity index is 424. The van der Waals surface area contributed by atoms with E-state index in [4.69, 9.17) is 0 Å². The molecular formula is C14H19F3N2O. The molecule has 1 fully saturated rings. The second-order valence-electron chi connectivity index (χ2n) is 5.22. The molecule has 0 radical (unpaired) electrons. The molecule has 0 aromatic heterocycles. The van der Waals surface area contributed by atoms with Gasteiger partial charge in [0.1, 0.15) is 0 Å². The second kappa shape index (κ2) is 6.11. The molecular weight excluding hydrogens is 269 g/mol. The molecule has 1 aliphatic rings. The average molecular weight is 288 g/mol. The van der Waals surface area contributed by atoms with Crippen LogP contribution in [0, 0.1) is 0 Å². The summed E-state index contributed by atoms with van der Waals surface area (Å²) in [6.45, 7) is 1.35. The highest BCUT2D eigenvalue weighted by Crippen LogP contribution is 2.26. The summed E-state index contributed by atoms with van der Waals surface area (Å²) in [6.07, 6.45) is -6.83. The summed E-state index contributed by atoms with van der Waals surface area (Å²) in [6, 6.07) is 9.78. The number of aliphatic hydroxyl groups excluding tert-OH is 1. The van der Waals surface area contributed by atoms with Crippen LogP contribution in [0.1, 0.15) is 11.6 Å². The van der Waals surface area contributed by atoms with Gasteiger partial charge in [-0.25, -0.2) is 0 Å². The number of alkyl halides is 3. The third-order valence-corrected chi connectivity index (χ3v) is 3.73. The number of likely N-dealkylation sites (N-methyl/N-ethyl adjacent to an activating group) is 1. The van der Waals surface area contributed by atoms with Crippen molar-refractivity contribution in [3.05, 3.63) is 35.9 Å². The van der Waals surface area contributed by atoms with E-state index in [0.717, 1.165) is 5.56 Å². The van der Waals surface area contributed by atoms with Gasteiger partial charge in [-0.2, -0.15) is 13.2 Å². The fourth-order valence-electron chi connectivity index (χ4n) is 2.48. The van der Waals surface area contributed by atoms with Crippen LogP contribution in [0.15, 0.2) is 30.3 Å². The Morgan fingerprint density at radius 1 is 1.25 bits per heavy atom. The Hall–Kier alpha value is -1.11. The highest BCUT2D eigenvalue weighted by molar-refractivity contribution is 5.20. The third-order valence-electron chi connectivity index (χ3n) is 3.73. The lowest BCUT2D eigenvalue weighted by atomic mass is 10.0. The molecule has 0 aliphatic carbocycles. The molecule has 0 spiro atoms. The SMILES string of the molecule is CN1CCN(CC(O)C(F)(F)F)CC1c1ccccc1. The average Bonchev–Trinajstić information content (AvgIpc) is 2.41. The lowest BCUT2D eigenvalue weighted by Gasteiger charge is -2.40. The van der Waals surface area contributed by atoms with Crippen molar-refractivity contribution in [2.45, 2.75) is 18.3 Å². The Morgan fingerprint density at radius 3 is 2.50 bits per heavy atom. The monoisotopic (exact) mass is 288 g/mol. The van der Waals surface area contributed by atoms with Crippen LogP contribution in [-0.2, 0) is 0 Å². The van der Waals surface area contributed by atoms with Gasteiger partial charge in [-0.15, -0.1) is 0 Å². The molecule has 0 saturated carbocycles. The summed E-state index contributed by atoms with van der Waals surface area (Å²) in [5.41, 5.74) is 1.08. The van der Waals surface area contributed by atoms with Crippen molar-refractivity contribution in [3.63, 3.8) is 0 Å². The molecule has 2 unspecified atom stereocenters. The van der Waals surface area contributed by atoms with E-state index < -0.39 is 12.3 Å². The van der Waals surface area contributed by atoms with Crippen molar-refractivity contribution >= 4 is 0 Å². The van der Waals surface area contributed by atoms with Crippen LogP contribution in [0.3, 0.4) is 0 Å². The van der Waals surface area contributed by atoms with Crippen molar-refractivity contribution in [1.82, 2.24) is 9.80 Å². The maximum absolute atomic E-state index is 12.4. The minimum Gasteiger partial charge on any atom is -0.382 e. The standard InChI is InChI=1S/C14H19F3N2O/c1-18-7-8-19(10-13(20)14(15,16)17)9-12(18)11-5-3-2-4-6-11/h2-6,12-13,20H,7-10H2,1H3. The quantitative estimate of drug-likeness (QED) is 0.920. The molecule has 20 heavy (non-hydrogen) atoms. The molecule has 1 heterocycles. The zero-order valence-electron chi connectivity index (χ0n) is 11.3. The van der Waals surface area contributed by atoms with Gasteiger partial charge in [0.25, 0.3) is 0 Å². The molecule has 1 saturated heterocycles. The first-order valence-electron chi connectivity index (χ1n) is 6.60. The van der Waals surface area contributed by atoms with E-state index in [0.29, 0.717) is 19.6 Å². The molecule has 112 valence electrons. The van der Waals surface area contributed by atoms with Crippen LogP contribution in [-0.4, -0.2) is 60.4 Å². The fraction of sp³-hybridized carbons (Fsp3) is 0.571. The van der Waals surface area contributed by atoms with Crippen molar-refractivity contribution in [3.8, 4) is 0 Å². The Balaban J connectivity index is 2.02. The van der Waals surface area contributed by atoms with Gasteiger partial charge in [-0.05, 0) is 12.6 Å². The first-order chi connectivity index (χ1) is 9.38. The van der Waals surface area contributed by atoms with E-state index in [2.05, 4.69) is 4.90 Å². The number of β-amino-alcohol motifs (C(OH)–C–C–N with tert-alkyl or cyclic N) is 1. The number of hydrogen-bond acceptors (Lipinski definition) is 3. The Morgan fingerprint density at radius 2 is 1.90 bits per heavy atom. The maximum atomic E-state index is 12.4. The van der Waals surface area contributed by atoms with Gasteiger partial charge >= 0.3 is 6.18 Å². The number of halogens is 3. The molecule has 6 heteroatoms. The van der Waals surface area contributed by atoms with E-state index in [1.54, 1.807) is 4.90 Å². The van der Waals surface area contributed by atoms with Crippen LogP contribution in [0.2, 0.25) is 0 Å². The van der Waals surface area contributed by atoms with Crippen LogP contribution in [0.25, 0.3) is 0 Å². The predicted molar refractivity (Wildman–Crippen MR) is 70.3 cm³/mol. The zero-order chi connectivity index (χ0) is 14.8. The minimum absolute atomic E-state index is 0.0605. The number of benzene rings is 1. The van der Waals surface area contributed by atoms with Crippen molar-refractivity contribution in [2.24, 2.45) is 0 Å². The topological polar surface area (TPSA) is 26.7 Å². The van der Waals surface area contributed by atoms with Crippen molar-refractivity contribution in [1.29, 1.82) is 0 Å². The highest BCUT2D eigenvalue weighted by atomic mass is 19.4. The molecule has 0 bridgehead atoms. The fourth-order valence-corrected chi connectivity index (χ4v) is 2.48. The Kier molecular flexibility index (Phi) is 4.67. The summed E-state index contributed by atoms with van der Waals surface area (Å²) >= 11 is 0. The number of rotatable bonds is 3. The van der Waals surface area contributed by atoms with E-state index in [9.17, 15) is 18.3 Å². The largest absolute Gasteiger partial charge is 0.415 e. The van der Waals surface area contributed by atoms with Crippen LogP contribution < -0.4 is 0 Å². The molecule has 1 aromatic rings. The van der Waals surface area contributed by atoms with E-state index in [1.807, 2.05) is 37.4 Å². The minimum atomic E-state index is -4.55. The summed E-state index contributed by atoms with van der Waals surface area (Å²) < 4.78 is 37.2. The van der Waals surface area contributed by atoms with Gasteiger partial charge in [0.05, 0.1) is 0 Å². The van der Waals surface area contributed by atoms with Gasteiger partial charge in [0.2, 0.25) is 0 Å². The summed E-state index contributed by atoms with van der Waals surface area (Å²) in [5, 5.41) is 9.18. The predicted octanol–water partition coefficient (Wildman–Crippen LogP) is 1.90. The van der Waals surface area contributed by atoms with Gasteiger partial charge in [0, 0.05) is 32.2 Å². The van der Waals surface area contributed by atoms with Gasteiger partial charge < -0.3 is 5.11 Å². The van der Waals surface area contributed by atoms with Crippen LogP contribution in [0.5, 0.6) is 0 Å². The number of hydrogen-bond donors (Lipinski definition) is 1. The van der Waals surface area contributed by atoms with E-state index in [1.165, 1.54) is 0 Å². The van der Waals surface area contributed by atoms with Crippen molar-refractivity contribution < 1.29 is 18.3 Å². The van der Waals surface area contributed by atoms with E-state index >= 15 is 0 Å². The molecule has 3 nitrogen and oxygen atoms in total. The lowest BCUT2D eigenvalue weighted by Crippen LogP contribution is -2.50. The maximum Gasteiger partial charge on any atom is 0.415 e. The van der Waals surface area contributed by atoms with Gasteiger partial charge in [0.15, 0.2) is 6.10 Å². The molecule has 1 N–H and O–H groups in total. The molecule has 2 atom stereocenters. The molecule has 1 aliphatic heterocycles. The molecule has 0 amide bonds.